The van der Waals surface area contributed by atoms with Gasteiger partial charge in [-0.15, -0.1) is 0 Å². The van der Waals surface area contributed by atoms with Crippen LogP contribution in [0, 0.1) is 5.82 Å². The fourth-order valence-electron chi connectivity index (χ4n) is 2.45. The molecule has 1 heterocycles. The van der Waals surface area contributed by atoms with Crippen molar-refractivity contribution in [3.63, 3.8) is 0 Å². The fraction of sp³-hybridized carbons (Fsp3) is 0.188. The molecule has 0 atom stereocenters. The van der Waals surface area contributed by atoms with Gasteiger partial charge in [0.2, 0.25) is 0 Å². The van der Waals surface area contributed by atoms with Crippen LogP contribution in [0.25, 0.3) is 10.9 Å². The highest BCUT2D eigenvalue weighted by molar-refractivity contribution is 6.31. The van der Waals surface area contributed by atoms with E-state index >= 15 is 0 Å². The summed E-state index contributed by atoms with van der Waals surface area (Å²) in [6, 6.07) is 12.7. The molecule has 0 aliphatic rings. The minimum atomic E-state index is -0.308. The number of fused-ring (bicyclic) bond motifs is 1. The molecule has 108 valence electrons. The Hall–Kier alpha value is -1.91. The molecule has 0 fully saturated rings. The van der Waals surface area contributed by atoms with Crippen LogP contribution in [0.3, 0.4) is 0 Å². The third-order valence-corrected chi connectivity index (χ3v) is 3.80. The third kappa shape index (κ3) is 2.64. The summed E-state index contributed by atoms with van der Waals surface area (Å²) in [5, 5.41) is 9.18. The standard InChI is InChI=1S/C16H15ClFN3/c1-19-9-15-11-5-2-3-8-16(11)21(20-15)10-12-13(17)6-4-7-14(12)18/h2-8,19H,9-10H2,1H3. The average molecular weight is 304 g/mol. The second kappa shape index (κ2) is 5.84. The Bertz CT molecular complexity index is 762. The summed E-state index contributed by atoms with van der Waals surface area (Å²) in [4.78, 5) is 0. The number of halogens is 2. The van der Waals surface area contributed by atoms with E-state index in [-0.39, 0.29) is 5.82 Å². The van der Waals surface area contributed by atoms with Crippen molar-refractivity contribution >= 4 is 22.5 Å². The fourth-order valence-corrected chi connectivity index (χ4v) is 2.67. The van der Waals surface area contributed by atoms with Crippen molar-refractivity contribution in [2.24, 2.45) is 0 Å². The Morgan fingerprint density at radius 3 is 2.76 bits per heavy atom. The second-order valence-electron chi connectivity index (χ2n) is 4.85. The Labute approximate surface area is 127 Å². The first-order chi connectivity index (χ1) is 10.2. The summed E-state index contributed by atoms with van der Waals surface area (Å²) in [5.41, 5.74) is 2.38. The summed E-state index contributed by atoms with van der Waals surface area (Å²) < 4.78 is 15.8. The highest BCUT2D eigenvalue weighted by Gasteiger charge is 2.13. The van der Waals surface area contributed by atoms with Gasteiger partial charge in [0.15, 0.2) is 0 Å². The zero-order valence-electron chi connectivity index (χ0n) is 11.6. The van der Waals surface area contributed by atoms with Gasteiger partial charge >= 0.3 is 0 Å². The van der Waals surface area contributed by atoms with Gasteiger partial charge in [0.05, 0.1) is 17.8 Å². The third-order valence-electron chi connectivity index (χ3n) is 3.45. The number of rotatable bonds is 4. The SMILES string of the molecule is CNCc1nn(Cc2c(F)cccc2Cl)c2ccccc12. The number of hydrogen-bond donors (Lipinski definition) is 1. The maximum atomic E-state index is 14.0. The van der Waals surface area contributed by atoms with Crippen LogP contribution >= 0.6 is 11.6 Å². The van der Waals surface area contributed by atoms with E-state index < -0.39 is 0 Å². The molecular formula is C16H15ClFN3. The van der Waals surface area contributed by atoms with Crippen LogP contribution in [0.2, 0.25) is 5.02 Å². The van der Waals surface area contributed by atoms with Crippen LogP contribution < -0.4 is 5.32 Å². The van der Waals surface area contributed by atoms with Crippen LogP contribution in [0.4, 0.5) is 4.39 Å². The normalized spacial score (nSPS) is 11.2. The summed E-state index contributed by atoms with van der Waals surface area (Å²) in [6.45, 7) is 0.980. The number of aromatic nitrogens is 2. The molecule has 3 aromatic rings. The van der Waals surface area contributed by atoms with E-state index in [1.54, 1.807) is 16.8 Å². The molecule has 0 bridgehead atoms. The first-order valence-corrected chi connectivity index (χ1v) is 7.10. The maximum Gasteiger partial charge on any atom is 0.129 e. The predicted octanol–water partition coefficient (Wildman–Crippen LogP) is 3.60. The van der Waals surface area contributed by atoms with E-state index in [1.165, 1.54) is 6.07 Å². The lowest BCUT2D eigenvalue weighted by molar-refractivity contribution is 0.587. The summed E-state index contributed by atoms with van der Waals surface area (Å²) >= 11 is 6.11. The zero-order chi connectivity index (χ0) is 14.8. The van der Waals surface area contributed by atoms with Crippen LogP contribution in [0.1, 0.15) is 11.3 Å². The molecule has 0 unspecified atom stereocenters. The van der Waals surface area contributed by atoms with E-state index in [1.807, 2.05) is 31.3 Å². The van der Waals surface area contributed by atoms with Gasteiger partial charge in [-0.2, -0.15) is 5.10 Å². The number of nitrogens with zero attached hydrogens (tertiary/aromatic N) is 2. The molecule has 5 heteroatoms. The quantitative estimate of drug-likeness (QED) is 0.798. The Balaban J connectivity index is 2.09. The largest absolute Gasteiger partial charge is 0.314 e. The van der Waals surface area contributed by atoms with Crippen molar-refractivity contribution in [1.82, 2.24) is 15.1 Å². The highest BCUT2D eigenvalue weighted by Crippen LogP contribution is 2.23. The van der Waals surface area contributed by atoms with Gasteiger partial charge in [-0.05, 0) is 25.2 Å². The second-order valence-corrected chi connectivity index (χ2v) is 5.26. The molecular weight excluding hydrogens is 289 g/mol. The minimum Gasteiger partial charge on any atom is -0.314 e. The Kier molecular flexibility index (Phi) is 3.90. The molecule has 0 aliphatic carbocycles. The minimum absolute atomic E-state index is 0.308. The van der Waals surface area contributed by atoms with E-state index in [4.69, 9.17) is 11.6 Å². The lowest BCUT2D eigenvalue weighted by Gasteiger charge is -2.07. The Morgan fingerprint density at radius 1 is 1.19 bits per heavy atom. The first-order valence-electron chi connectivity index (χ1n) is 6.72. The van der Waals surface area contributed by atoms with Crippen molar-refractivity contribution < 1.29 is 4.39 Å². The molecule has 0 spiro atoms. The van der Waals surface area contributed by atoms with Crippen LogP contribution in [0.5, 0.6) is 0 Å². The molecule has 0 aliphatic heterocycles. The smallest absolute Gasteiger partial charge is 0.129 e. The highest BCUT2D eigenvalue weighted by atomic mass is 35.5. The van der Waals surface area contributed by atoms with Gasteiger partial charge in [0.1, 0.15) is 5.82 Å². The van der Waals surface area contributed by atoms with Crippen molar-refractivity contribution in [3.8, 4) is 0 Å². The van der Waals surface area contributed by atoms with Gasteiger partial charge in [-0.1, -0.05) is 35.9 Å². The van der Waals surface area contributed by atoms with E-state index in [9.17, 15) is 4.39 Å². The molecule has 2 aromatic carbocycles. The molecule has 0 amide bonds. The molecule has 3 rings (SSSR count). The van der Waals surface area contributed by atoms with Crippen molar-refractivity contribution in [3.05, 3.63) is 64.6 Å². The number of nitrogens with one attached hydrogen (secondary N) is 1. The Morgan fingerprint density at radius 2 is 2.00 bits per heavy atom. The molecule has 0 saturated carbocycles. The van der Waals surface area contributed by atoms with E-state index in [2.05, 4.69) is 10.4 Å². The van der Waals surface area contributed by atoms with Gasteiger partial charge in [-0.25, -0.2) is 4.39 Å². The predicted molar refractivity (Wildman–Crippen MR) is 83.0 cm³/mol. The molecule has 0 radical (unpaired) electrons. The molecule has 3 nitrogen and oxygen atoms in total. The zero-order valence-corrected chi connectivity index (χ0v) is 12.4. The first kappa shape index (κ1) is 14.0. The van der Waals surface area contributed by atoms with Crippen LogP contribution in [-0.4, -0.2) is 16.8 Å². The molecule has 21 heavy (non-hydrogen) atoms. The average Bonchev–Trinajstić information content (AvgIpc) is 2.82. The molecule has 1 aromatic heterocycles. The van der Waals surface area contributed by atoms with Gasteiger partial charge in [0, 0.05) is 22.5 Å². The van der Waals surface area contributed by atoms with Gasteiger partial charge < -0.3 is 5.32 Å². The summed E-state index contributed by atoms with van der Waals surface area (Å²) in [5.74, 6) is -0.308. The van der Waals surface area contributed by atoms with Gasteiger partial charge in [0.25, 0.3) is 0 Å². The van der Waals surface area contributed by atoms with Crippen molar-refractivity contribution in [1.29, 1.82) is 0 Å². The van der Waals surface area contributed by atoms with E-state index in [0.717, 1.165) is 16.6 Å². The van der Waals surface area contributed by atoms with Crippen LogP contribution in [0.15, 0.2) is 42.5 Å². The lowest BCUT2D eigenvalue weighted by Crippen LogP contribution is -2.08. The van der Waals surface area contributed by atoms with E-state index in [0.29, 0.717) is 23.7 Å². The van der Waals surface area contributed by atoms with Crippen LogP contribution in [-0.2, 0) is 13.1 Å². The van der Waals surface area contributed by atoms with Crippen molar-refractivity contribution in [2.45, 2.75) is 13.1 Å². The molecule has 0 saturated heterocycles. The summed E-state index contributed by atoms with van der Waals surface area (Å²) in [6.07, 6.45) is 0. The van der Waals surface area contributed by atoms with Gasteiger partial charge in [-0.3, -0.25) is 4.68 Å². The number of para-hydroxylation sites is 1. The number of hydrogen-bond acceptors (Lipinski definition) is 2. The van der Waals surface area contributed by atoms with Crippen molar-refractivity contribution in [2.75, 3.05) is 7.05 Å². The maximum absolute atomic E-state index is 14.0. The lowest BCUT2D eigenvalue weighted by atomic mass is 10.2. The number of benzene rings is 2. The topological polar surface area (TPSA) is 29.9 Å². The monoisotopic (exact) mass is 303 g/mol. The molecule has 1 N–H and O–H groups in total. The summed E-state index contributed by atoms with van der Waals surface area (Å²) in [7, 11) is 1.88.